The van der Waals surface area contributed by atoms with Crippen LogP contribution in [0.3, 0.4) is 0 Å². The normalized spacial score (nSPS) is 12.4. The fourth-order valence-electron chi connectivity index (χ4n) is 2.38. The predicted octanol–water partition coefficient (Wildman–Crippen LogP) is 2.94. The highest BCUT2D eigenvalue weighted by molar-refractivity contribution is 5.31. The summed E-state index contributed by atoms with van der Waals surface area (Å²) >= 11 is 0. The number of aromatic nitrogens is 2. The molecule has 1 aromatic heterocycles. The van der Waals surface area contributed by atoms with Crippen molar-refractivity contribution >= 4 is 0 Å². The van der Waals surface area contributed by atoms with Crippen molar-refractivity contribution in [3.63, 3.8) is 0 Å². The Morgan fingerprint density at radius 2 is 2.19 bits per heavy atom. The van der Waals surface area contributed by atoms with Gasteiger partial charge in [-0.3, -0.25) is 4.68 Å². The number of hydrogen-bond donors (Lipinski definition) is 1. The molecule has 1 unspecified atom stereocenters. The molecule has 0 fully saturated rings. The summed E-state index contributed by atoms with van der Waals surface area (Å²) < 4.78 is 21.2. The summed E-state index contributed by atoms with van der Waals surface area (Å²) in [6.45, 7) is 5.67. The summed E-state index contributed by atoms with van der Waals surface area (Å²) in [5.41, 5.74) is 1.75. The Hall–Kier alpha value is -1.88. The lowest BCUT2D eigenvalue weighted by atomic mass is 10.00. The summed E-state index contributed by atoms with van der Waals surface area (Å²) in [7, 11) is 1.54. The number of rotatable bonds is 7. The van der Waals surface area contributed by atoms with E-state index in [0.717, 1.165) is 18.7 Å². The van der Waals surface area contributed by atoms with Gasteiger partial charge in [-0.25, -0.2) is 4.39 Å². The van der Waals surface area contributed by atoms with Crippen molar-refractivity contribution in [2.75, 3.05) is 13.7 Å². The fraction of sp³-hybridized carbons (Fsp3) is 0.438. The van der Waals surface area contributed by atoms with Crippen LogP contribution in [0.2, 0.25) is 0 Å². The first-order chi connectivity index (χ1) is 10.2. The van der Waals surface area contributed by atoms with Crippen molar-refractivity contribution in [2.24, 2.45) is 0 Å². The summed E-state index contributed by atoms with van der Waals surface area (Å²) in [5, 5.41) is 7.60. The summed E-state index contributed by atoms with van der Waals surface area (Å²) in [6.07, 6.45) is 4.55. The molecule has 0 spiro atoms. The van der Waals surface area contributed by atoms with Gasteiger partial charge in [-0.2, -0.15) is 5.10 Å². The van der Waals surface area contributed by atoms with Crippen molar-refractivity contribution in [3.05, 3.63) is 47.5 Å². The number of ether oxygens (including phenoxy) is 1. The second-order valence-corrected chi connectivity index (χ2v) is 4.91. The standard InChI is InChI=1S/C16H22FN3O/c1-4-18-16(8-12-10-19-20(5-2)11-12)14-7-6-13(21-3)9-15(14)17/h6-7,9-11,16,18H,4-5,8H2,1-3H3. The van der Waals surface area contributed by atoms with Crippen molar-refractivity contribution < 1.29 is 9.13 Å². The van der Waals surface area contributed by atoms with E-state index in [1.807, 2.05) is 30.9 Å². The number of likely N-dealkylation sites (N-methyl/N-ethyl adjacent to an activating group) is 1. The van der Waals surface area contributed by atoms with Crippen LogP contribution in [0.25, 0.3) is 0 Å². The van der Waals surface area contributed by atoms with E-state index in [4.69, 9.17) is 4.74 Å². The smallest absolute Gasteiger partial charge is 0.131 e. The van der Waals surface area contributed by atoms with Crippen molar-refractivity contribution in [1.29, 1.82) is 0 Å². The third kappa shape index (κ3) is 3.82. The van der Waals surface area contributed by atoms with Crippen LogP contribution in [0.1, 0.15) is 31.0 Å². The largest absolute Gasteiger partial charge is 0.497 e. The van der Waals surface area contributed by atoms with Gasteiger partial charge < -0.3 is 10.1 Å². The molecule has 0 aliphatic heterocycles. The van der Waals surface area contributed by atoms with E-state index in [2.05, 4.69) is 10.4 Å². The molecule has 21 heavy (non-hydrogen) atoms. The van der Waals surface area contributed by atoms with Crippen LogP contribution in [0.15, 0.2) is 30.6 Å². The van der Waals surface area contributed by atoms with Gasteiger partial charge in [0.05, 0.1) is 13.3 Å². The Labute approximate surface area is 124 Å². The average molecular weight is 291 g/mol. The van der Waals surface area contributed by atoms with E-state index in [-0.39, 0.29) is 11.9 Å². The first-order valence-electron chi connectivity index (χ1n) is 7.26. The third-order valence-corrected chi connectivity index (χ3v) is 3.48. The molecule has 5 heteroatoms. The van der Waals surface area contributed by atoms with E-state index >= 15 is 0 Å². The average Bonchev–Trinajstić information content (AvgIpc) is 2.94. The fourth-order valence-corrected chi connectivity index (χ4v) is 2.38. The molecule has 0 amide bonds. The zero-order valence-corrected chi connectivity index (χ0v) is 12.8. The second kappa shape index (κ2) is 7.22. The number of nitrogens with zero attached hydrogens (tertiary/aromatic N) is 2. The van der Waals surface area contributed by atoms with Gasteiger partial charge in [0, 0.05) is 30.4 Å². The molecular formula is C16H22FN3O. The number of aryl methyl sites for hydroxylation is 1. The number of hydrogen-bond acceptors (Lipinski definition) is 3. The Balaban J connectivity index is 2.21. The minimum atomic E-state index is -0.247. The van der Waals surface area contributed by atoms with Gasteiger partial charge in [0.2, 0.25) is 0 Å². The Bertz CT molecular complexity index is 583. The molecule has 2 rings (SSSR count). The molecule has 0 aliphatic rings. The van der Waals surface area contributed by atoms with Gasteiger partial charge in [-0.05, 0) is 31.5 Å². The van der Waals surface area contributed by atoms with Crippen LogP contribution in [0.5, 0.6) is 5.75 Å². The monoisotopic (exact) mass is 291 g/mol. The molecule has 1 N–H and O–H groups in total. The van der Waals surface area contributed by atoms with Gasteiger partial charge in [0.1, 0.15) is 11.6 Å². The molecule has 0 saturated carbocycles. The van der Waals surface area contributed by atoms with Gasteiger partial charge in [-0.15, -0.1) is 0 Å². The molecule has 1 atom stereocenters. The predicted molar refractivity (Wildman–Crippen MR) is 81.0 cm³/mol. The third-order valence-electron chi connectivity index (χ3n) is 3.48. The number of benzene rings is 1. The Morgan fingerprint density at radius 3 is 2.76 bits per heavy atom. The molecule has 2 aromatic rings. The van der Waals surface area contributed by atoms with Gasteiger partial charge in [0.15, 0.2) is 0 Å². The molecule has 0 radical (unpaired) electrons. The van der Waals surface area contributed by atoms with E-state index in [0.29, 0.717) is 17.7 Å². The van der Waals surface area contributed by atoms with Gasteiger partial charge in [-0.1, -0.05) is 13.0 Å². The lowest BCUT2D eigenvalue weighted by Gasteiger charge is -2.18. The van der Waals surface area contributed by atoms with Crippen LogP contribution in [-0.4, -0.2) is 23.4 Å². The van der Waals surface area contributed by atoms with Crippen LogP contribution < -0.4 is 10.1 Å². The summed E-state index contributed by atoms with van der Waals surface area (Å²) in [6, 6.07) is 4.93. The first kappa shape index (κ1) is 15.5. The van der Waals surface area contributed by atoms with Gasteiger partial charge >= 0.3 is 0 Å². The molecule has 1 aromatic carbocycles. The topological polar surface area (TPSA) is 39.1 Å². The quantitative estimate of drug-likeness (QED) is 0.852. The van der Waals surface area contributed by atoms with Crippen molar-refractivity contribution in [1.82, 2.24) is 15.1 Å². The van der Waals surface area contributed by atoms with Crippen molar-refractivity contribution in [3.8, 4) is 5.75 Å². The second-order valence-electron chi connectivity index (χ2n) is 4.91. The van der Waals surface area contributed by atoms with E-state index in [9.17, 15) is 4.39 Å². The summed E-state index contributed by atoms with van der Waals surface area (Å²) in [4.78, 5) is 0. The maximum Gasteiger partial charge on any atom is 0.131 e. The van der Waals surface area contributed by atoms with Gasteiger partial charge in [0.25, 0.3) is 0 Å². The molecule has 1 heterocycles. The first-order valence-corrected chi connectivity index (χ1v) is 7.26. The lowest BCUT2D eigenvalue weighted by molar-refractivity contribution is 0.409. The Morgan fingerprint density at radius 1 is 1.38 bits per heavy atom. The number of nitrogens with one attached hydrogen (secondary N) is 1. The highest BCUT2D eigenvalue weighted by atomic mass is 19.1. The van der Waals surface area contributed by atoms with E-state index in [1.165, 1.54) is 13.2 Å². The maximum absolute atomic E-state index is 14.2. The van der Waals surface area contributed by atoms with Crippen LogP contribution in [0, 0.1) is 5.82 Å². The van der Waals surface area contributed by atoms with Crippen LogP contribution in [-0.2, 0) is 13.0 Å². The van der Waals surface area contributed by atoms with E-state index < -0.39 is 0 Å². The van der Waals surface area contributed by atoms with Crippen molar-refractivity contribution in [2.45, 2.75) is 32.9 Å². The SMILES string of the molecule is CCNC(Cc1cnn(CC)c1)c1ccc(OC)cc1F. The molecule has 4 nitrogen and oxygen atoms in total. The number of halogens is 1. The minimum absolute atomic E-state index is 0.0737. The lowest BCUT2D eigenvalue weighted by Crippen LogP contribution is -2.23. The van der Waals surface area contributed by atoms with E-state index in [1.54, 1.807) is 12.1 Å². The summed E-state index contributed by atoms with van der Waals surface area (Å²) in [5.74, 6) is 0.286. The molecule has 0 aliphatic carbocycles. The minimum Gasteiger partial charge on any atom is -0.497 e. The number of methoxy groups -OCH3 is 1. The molecule has 0 bridgehead atoms. The van der Waals surface area contributed by atoms with Crippen LogP contribution in [0.4, 0.5) is 4.39 Å². The molecule has 0 saturated heterocycles. The zero-order chi connectivity index (χ0) is 15.2. The highest BCUT2D eigenvalue weighted by Gasteiger charge is 2.17. The zero-order valence-electron chi connectivity index (χ0n) is 12.8. The maximum atomic E-state index is 14.2. The molecular weight excluding hydrogens is 269 g/mol. The Kier molecular flexibility index (Phi) is 5.33. The molecule has 114 valence electrons. The highest BCUT2D eigenvalue weighted by Crippen LogP contribution is 2.24. The van der Waals surface area contributed by atoms with Crippen LogP contribution >= 0.6 is 0 Å².